The van der Waals surface area contributed by atoms with E-state index in [1.165, 1.54) is 31.4 Å². The van der Waals surface area contributed by atoms with Crippen LogP contribution in [0.5, 0.6) is 11.5 Å². The van der Waals surface area contributed by atoms with Crippen molar-refractivity contribution in [2.45, 2.75) is 37.8 Å². The van der Waals surface area contributed by atoms with Crippen LogP contribution >= 0.6 is 0 Å². The molecule has 0 aromatic heterocycles. The number of sulfonamides is 1. The van der Waals surface area contributed by atoms with Gasteiger partial charge in [-0.25, -0.2) is 8.42 Å². The first-order chi connectivity index (χ1) is 12.7. The smallest absolute Gasteiger partial charge is 0.262 e. The van der Waals surface area contributed by atoms with Gasteiger partial charge in [0.1, 0.15) is 11.5 Å². The van der Waals surface area contributed by atoms with E-state index in [4.69, 9.17) is 9.47 Å². The topological polar surface area (TPSA) is 93.7 Å². The Kier molecular flexibility index (Phi) is 6.68. The van der Waals surface area contributed by atoms with Gasteiger partial charge in [0.15, 0.2) is 6.10 Å². The highest BCUT2D eigenvalue weighted by molar-refractivity contribution is 7.92. The summed E-state index contributed by atoms with van der Waals surface area (Å²) in [5.74, 6) is 0.586. The summed E-state index contributed by atoms with van der Waals surface area (Å²) in [5, 5.41) is 2.75. The Balaban J connectivity index is 2.10. The average molecular weight is 392 g/mol. The zero-order valence-electron chi connectivity index (χ0n) is 15.7. The van der Waals surface area contributed by atoms with Crippen LogP contribution in [0.2, 0.25) is 0 Å². The number of carbonyl (C=O) groups is 1. The minimum Gasteiger partial charge on any atom is -0.495 e. The van der Waals surface area contributed by atoms with Gasteiger partial charge in [-0.15, -0.1) is 0 Å². The summed E-state index contributed by atoms with van der Waals surface area (Å²) in [5.41, 5.74) is 0.347. The molecule has 0 fully saturated rings. The maximum atomic E-state index is 12.6. The van der Waals surface area contributed by atoms with Gasteiger partial charge in [-0.1, -0.05) is 12.1 Å². The lowest BCUT2D eigenvalue weighted by Gasteiger charge is -2.17. The van der Waals surface area contributed by atoms with Gasteiger partial charge < -0.3 is 14.8 Å². The van der Waals surface area contributed by atoms with Gasteiger partial charge in [-0.3, -0.25) is 9.52 Å². The minimum absolute atomic E-state index is 0.0112. The average Bonchev–Trinajstić information content (AvgIpc) is 2.61. The maximum absolute atomic E-state index is 12.6. The molecule has 0 aliphatic carbocycles. The molecule has 2 aromatic carbocycles. The number of rotatable bonds is 8. The highest BCUT2D eigenvalue weighted by Gasteiger charge is 2.18. The molecule has 0 saturated carbocycles. The highest BCUT2D eigenvalue weighted by Crippen LogP contribution is 2.26. The predicted molar refractivity (Wildman–Crippen MR) is 104 cm³/mol. The van der Waals surface area contributed by atoms with E-state index in [9.17, 15) is 13.2 Å². The lowest BCUT2D eigenvalue weighted by Crippen LogP contribution is -2.40. The number of amides is 1. The summed E-state index contributed by atoms with van der Waals surface area (Å²) < 4.78 is 38.3. The highest BCUT2D eigenvalue weighted by atomic mass is 32.2. The Morgan fingerprint density at radius 1 is 1.00 bits per heavy atom. The zero-order valence-corrected chi connectivity index (χ0v) is 16.5. The largest absolute Gasteiger partial charge is 0.495 e. The van der Waals surface area contributed by atoms with Gasteiger partial charge in [0.25, 0.3) is 15.9 Å². The summed E-state index contributed by atoms with van der Waals surface area (Å²) >= 11 is 0. The lowest BCUT2D eigenvalue weighted by atomic mass is 10.3. The molecule has 0 bridgehead atoms. The van der Waals surface area contributed by atoms with E-state index in [0.717, 1.165) is 0 Å². The minimum atomic E-state index is -3.79. The molecule has 8 heteroatoms. The number of anilines is 1. The first-order valence-corrected chi connectivity index (χ1v) is 9.94. The second-order valence-electron chi connectivity index (χ2n) is 6.20. The maximum Gasteiger partial charge on any atom is 0.262 e. The van der Waals surface area contributed by atoms with E-state index in [0.29, 0.717) is 17.2 Å². The molecule has 0 unspecified atom stereocenters. The number of nitrogens with one attached hydrogen (secondary N) is 2. The molecule has 0 spiro atoms. The van der Waals surface area contributed by atoms with Crippen molar-refractivity contribution >= 4 is 21.6 Å². The van der Waals surface area contributed by atoms with Crippen molar-refractivity contribution in [3.63, 3.8) is 0 Å². The Morgan fingerprint density at radius 2 is 1.63 bits per heavy atom. The van der Waals surface area contributed by atoms with Gasteiger partial charge in [0, 0.05) is 6.04 Å². The molecule has 27 heavy (non-hydrogen) atoms. The fourth-order valence-electron chi connectivity index (χ4n) is 2.29. The zero-order chi connectivity index (χ0) is 20.0. The quantitative estimate of drug-likeness (QED) is 0.720. The SMILES string of the molecule is COc1ccccc1NS(=O)(=O)c1ccc(O[C@H](C)C(=O)NC(C)C)cc1. The molecule has 2 N–H and O–H groups in total. The van der Waals surface area contributed by atoms with E-state index in [-0.39, 0.29) is 16.8 Å². The monoisotopic (exact) mass is 392 g/mol. The first-order valence-electron chi connectivity index (χ1n) is 8.46. The molecule has 0 saturated heterocycles. The third-order valence-electron chi connectivity index (χ3n) is 3.60. The van der Waals surface area contributed by atoms with Crippen LogP contribution in [0.25, 0.3) is 0 Å². The van der Waals surface area contributed by atoms with Crippen LogP contribution in [0.15, 0.2) is 53.4 Å². The number of carbonyl (C=O) groups excluding carboxylic acids is 1. The van der Waals surface area contributed by atoms with Crippen LogP contribution in [0.4, 0.5) is 5.69 Å². The summed E-state index contributed by atoms with van der Waals surface area (Å²) in [6.07, 6.45) is -0.693. The third-order valence-corrected chi connectivity index (χ3v) is 4.98. The molecule has 0 heterocycles. The van der Waals surface area contributed by atoms with Crippen LogP contribution in [0, 0.1) is 0 Å². The summed E-state index contributed by atoms with van der Waals surface area (Å²) in [6, 6.07) is 12.6. The van der Waals surface area contributed by atoms with Crippen LogP contribution in [-0.4, -0.2) is 33.6 Å². The predicted octanol–water partition coefficient (Wildman–Crippen LogP) is 2.79. The van der Waals surface area contributed by atoms with Crippen molar-refractivity contribution < 1.29 is 22.7 Å². The van der Waals surface area contributed by atoms with E-state index in [1.54, 1.807) is 31.2 Å². The van der Waals surface area contributed by atoms with Gasteiger partial charge >= 0.3 is 0 Å². The number of benzene rings is 2. The molecule has 146 valence electrons. The lowest BCUT2D eigenvalue weighted by molar-refractivity contribution is -0.127. The van der Waals surface area contributed by atoms with E-state index < -0.39 is 16.1 Å². The molecule has 2 aromatic rings. The molecule has 7 nitrogen and oxygen atoms in total. The van der Waals surface area contributed by atoms with Gasteiger partial charge in [-0.2, -0.15) is 0 Å². The number of methoxy groups -OCH3 is 1. The summed E-state index contributed by atoms with van der Waals surface area (Å²) in [6.45, 7) is 5.35. The van der Waals surface area contributed by atoms with Crippen LogP contribution < -0.4 is 19.5 Å². The van der Waals surface area contributed by atoms with E-state index >= 15 is 0 Å². The Morgan fingerprint density at radius 3 is 2.22 bits per heavy atom. The fourth-order valence-corrected chi connectivity index (χ4v) is 3.36. The van der Waals surface area contributed by atoms with Gasteiger partial charge in [0.05, 0.1) is 17.7 Å². The van der Waals surface area contributed by atoms with E-state index in [1.807, 2.05) is 13.8 Å². The Labute approximate surface area is 159 Å². The molecule has 1 amide bonds. The molecular formula is C19H24N2O5S. The van der Waals surface area contributed by atoms with Crippen LogP contribution in [-0.2, 0) is 14.8 Å². The molecular weight excluding hydrogens is 368 g/mol. The Bertz CT molecular complexity index is 879. The number of ether oxygens (including phenoxy) is 2. The normalized spacial score (nSPS) is 12.3. The molecule has 2 rings (SSSR count). The summed E-state index contributed by atoms with van der Waals surface area (Å²) in [4.78, 5) is 12.0. The Hall–Kier alpha value is -2.74. The number of hydrogen-bond donors (Lipinski definition) is 2. The van der Waals surface area contributed by atoms with Crippen molar-refractivity contribution in [3.8, 4) is 11.5 Å². The molecule has 0 aliphatic rings. The van der Waals surface area contributed by atoms with Crippen LogP contribution in [0.3, 0.4) is 0 Å². The first kappa shape index (κ1) is 20.6. The fraction of sp³-hybridized carbons (Fsp3) is 0.316. The summed E-state index contributed by atoms with van der Waals surface area (Å²) in [7, 11) is -2.32. The number of para-hydroxylation sites is 2. The third kappa shape index (κ3) is 5.62. The van der Waals surface area contributed by atoms with Gasteiger partial charge in [-0.05, 0) is 57.2 Å². The van der Waals surface area contributed by atoms with Crippen molar-refractivity contribution in [2.75, 3.05) is 11.8 Å². The van der Waals surface area contributed by atoms with Crippen molar-refractivity contribution in [1.29, 1.82) is 0 Å². The second-order valence-corrected chi connectivity index (χ2v) is 7.88. The van der Waals surface area contributed by atoms with Crippen molar-refractivity contribution in [2.24, 2.45) is 0 Å². The molecule has 0 aliphatic heterocycles. The van der Waals surface area contributed by atoms with Crippen molar-refractivity contribution in [1.82, 2.24) is 5.32 Å². The van der Waals surface area contributed by atoms with Crippen LogP contribution in [0.1, 0.15) is 20.8 Å². The van der Waals surface area contributed by atoms with E-state index in [2.05, 4.69) is 10.0 Å². The number of hydrogen-bond acceptors (Lipinski definition) is 5. The molecule has 1 atom stereocenters. The molecule has 0 radical (unpaired) electrons. The van der Waals surface area contributed by atoms with Gasteiger partial charge in [0.2, 0.25) is 0 Å². The standard InChI is InChI=1S/C19H24N2O5S/c1-13(2)20-19(22)14(3)26-15-9-11-16(12-10-15)27(23,24)21-17-7-5-6-8-18(17)25-4/h5-14,21H,1-4H3,(H,20,22)/t14-/m1/s1. The van der Waals surface area contributed by atoms with Crippen molar-refractivity contribution in [3.05, 3.63) is 48.5 Å². The second kappa shape index (κ2) is 8.77.